The molecule has 1 aromatic carbocycles. The van der Waals surface area contributed by atoms with Gasteiger partial charge in [-0.1, -0.05) is 25.0 Å². The first kappa shape index (κ1) is 17.8. The number of carbonyl (C=O) groups excluding carboxylic acids is 1. The van der Waals surface area contributed by atoms with Crippen molar-refractivity contribution in [1.82, 2.24) is 9.80 Å². The topological polar surface area (TPSA) is 23.6 Å². The van der Waals surface area contributed by atoms with Crippen LogP contribution in [0.3, 0.4) is 0 Å². The first-order chi connectivity index (χ1) is 11.7. The Balaban J connectivity index is 1.93. The molecule has 25 heavy (non-hydrogen) atoms. The molecule has 1 aromatic rings. The van der Waals surface area contributed by atoms with Crippen LogP contribution in [0, 0.1) is 0 Å². The van der Waals surface area contributed by atoms with Crippen molar-refractivity contribution in [3.05, 3.63) is 46.8 Å². The molecular weight excluding hydrogens is 329 g/mol. The van der Waals surface area contributed by atoms with Crippen molar-refractivity contribution in [3.63, 3.8) is 0 Å². The highest BCUT2D eigenvalue weighted by Crippen LogP contribution is 2.36. The Morgan fingerprint density at radius 1 is 1.00 bits per heavy atom. The number of fused-ring (bicyclic) bond motifs is 1. The third kappa shape index (κ3) is 3.14. The quantitative estimate of drug-likeness (QED) is 0.741. The molecule has 2 atom stereocenters. The molecule has 3 rings (SSSR count). The number of nitrogens with zero attached hydrogens (tertiary/aromatic N) is 2. The van der Waals surface area contributed by atoms with Crippen LogP contribution >= 0.6 is 0 Å². The van der Waals surface area contributed by atoms with Gasteiger partial charge in [-0.2, -0.15) is 13.2 Å². The van der Waals surface area contributed by atoms with Crippen LogP contribution in [-0.4, -0.2) is 41.8 Å². The number of alkyl halides is 3. The van der Waals surface area contributed by atoms with E-state index in [0.29, 0.717) is 11.7 Å². The van der Waals surface area contributed by atoms with Gasteiger partial charge < -0.3 is 9.80 Å². The normalized spacial score (nSPS) is 24.4. The largest absolute Gasteiger partial charge is 0.416 e. The summed E-state index contributed by atoms with van der Waals surface area (Å²) < 4.78 is 38.2. The van der Waals surface area contributed by atoms with Crippen molar-refractivity contribution in [1.29, 1.82) is 0 Å². The zero-order valence-corrected chi connectivity index (χ0v) is 14.7. The van der Waals surface area contributed by atoms with E-state index < -0.39 is 11.7 Å². The van der Waals surface area contributed by atoms with Gasteiger partial charge >= 0.3 is 6.18 Å². The fourth-order valence-electron chi connectivity index (χ4n) is 4.10. The van der Waals surface area contributed by atoms with Crippen molar-refractivity contribution >= 4 is 5.78 Å². The van der Waals surface area contributed by atoms with Crippen molar-refractivity contribution in [3.8, 4) is 0 Å². The summed E-state index contributed by atoms with van der Waals surface area (Å²) in [6, 6.07) is 5.15. The molecule has 0 radical (unpaired) electrons. The summed E-state index contributed by atoms with van der Waals surface area (Å²) in [6.45, 7) is 1.92. The molecule has 0 unspecified atom stereocenters. The molecule has 0 amide bonds. The highest BCUT2D eigenvalue weighted by Gasteiger charge is 2.39. The molecule has 6 heteroatoms. The number of halogens is 3. The Bertz CT molecular complexity index is 694. The lowest BCUT2D eigenvalue weighted by Gasteiger charge is -2.50. The smallest absolute Gasteiger partial charge is 0.371 e. The summed E-state index contributed by atoms with van der Waals surface area (Å²) in [5.41, 5.74) is 1.02. The van der Waals surface area contributed by atoms with Gasteiger partial charge in [0.05, 0.1) is 5.56 Å². The zero-order valence-electron chi connectivity index (χ0n) is 14.7. The van der Waals surface area contributed by atoms with Crippen molar-refractivity contribution in [2.75, 3.05) is 14.1 Å². The number of rotatable bonds is 2. The third-order valence-corrected chi connectivity index (χ3v) is 5.60. The average Bonchev–Trinajstić information content (AvgIpc) is 2.59. The first-order valence-electron chi connectivity index (χ1n) is 8.60. The van der Waals surface area contributed by atoms with Gasteiger partial charge in [-0.25, -0.2) is 0 Å². The predicted octanol–water partition coefficient (Wildman–Crippen LogP) is 4.31. The molecule has 0 spiro atoms. The van der Waals surface area contributed by atoms with Crippen molar-refractivity contribution in [2.24, 2.45) is 0 Å². The number of Topliss-reactive ketones (excluding diaryl/α,β-unsaturated/α-hetero) is 1. The van der Waals surface area contributed by atoms with E-state index in [-0.39, 0.29) is 17.4 Å². The summed E-state index contributed by atoms with van der Waals surface area (Å²) in [4.78, 5) is 17.2. The second-order valence-corrected chi connectivity index (χ2v) is 6.98. The zero-order chi connectivity index (χ0) is 18.4. The van der Waals surface area contributed by atoms with Crippen molar-refractivity contribution in [2.45, 2.75) is 50.9 Å². The molecule has 3 nitrogen and oxygen atoms in total. The van der Waals surface area contributed by atoms with E-state index >= 15 is 0 Å². The molecule has 1 aliphatic heterocycles. The molecule has 1 heterocycles. The minimum absolute atomic E-state index is 0.218. The van der Waals surface area contributed by atoms with Gasteiger partial charge in [0.2, 0.25) is 5.78 Å². The highest BCUT2D eigenvalue weighted by molar-refractivity contribution is 6.08. The van der Waals surface area contributed by atoms with Crippen molar-refractivity contribution < 1.29 is 18.0 Å². The minimum Gasteiger partial charge on any atom is -0.371 e. The van der Waals surface area contributed by atoms with Crippen LogP contribution in [0.4, 0.5) is 13.2 Å². The molecule has 0 N–H and O–H groups in total. The van der Waals surface area contributed by atoms with Crippen LogP contribution in [0.15, 0.2) is 35.7 Å². The second-order valence-electron chi connectivity index (χ2n) is 6.98. The molecule has 2 aliphatic rings. The molecule has 1 fully saturated rings. The summed E-state index contributed by atoms with van der Waals surface area (Å²) in [6.07, 6.45) is 0.0655. The lowest BCUT2D eigenvalue weighted by atomic mass is 9.85. The van der Waals surface area contributed by atoms with Crippen LogP contribution in [0.25, 0.3) is 0 Å². The molecule has 1 aliphatic carbocycles. The number of hydrogen-bond donors (Lipinski definition) is 0. The Labute approximate surface area is 146 Å². The Morgan fingerprint density at radius 2 is 1.52 bits per heavy atom. The first-order valence-corrected chi connectivity index (χ1v) is 8.60. The fourth-order valence-corrected chi connectivity index (χ4v) is 4.10. The Kier molecular flexibility index (Phi) is 4.56. The predicted molar refractivity (Wildman–Crippen MR) is 90.0 cm³/mol. The van der Waals surface area contributed by atoms with Gasteiger partial charge in [0.1, 0.15) is 5.70 Å². The summed E-state index contributed by atoms with van der Waals surface area (Å²) in [5.74, 6) is -0.218. The summed E-state index contributed by atoms with van der Waals surface area (Å²) in [5, 5.41) is 0. The SMILES string of the molecule is CC1=C(C(=O)c2ccc(C(F)(F)F)cc2)N(C)[C@@H]2CCCC[C@H]2N1C. The number of benzene rings is 1. The maximum absolute atomic E-state index is 13.0. The van der Waals surface area contributed by atoms with E-state index in [9.17, 15) is 18.0 Å². The monoisotopic (exact) mass is 352 g/mol. The van der Waals surface area contributed by atoms with E-state index in [4.69, 9.17) is 0 Å². The maximum Gasteiger partial charge on any atom is 0.416 e. The van der Waals surface area contributed by atoms with E-state index in [1.54, 1.807) is 0 Å². The molecule has 0 aromatic heterocycles. The fraction of sp³-hybridized carbons (Fsp3) is 0.526. The van der Waals surface area contributed by atoms with Crippen LogP contribution in [0.5, 0.6) is 0 Å². The van der Waals surface area contributed by atoms with Crippen LogP contribution in [0.1, 0.15) is 48.5 Å². The molecule has 0 bridgehead atoms. The minimum atomic E-state index is -4.39. The average molecular weight is 352 g/mol. The molecular formula is C19H23F3N2O. The number of ketones is 1. The van der Waals surface area contributed by atoms with Gasteiger partial charge in [0, 0.05) is 37.4 Å². The lowest BCUT2D eigenvalue weighted by molar-refractivity contribution is -0.137. The number of likely N-dealkylation sites (N-methyl/N-ethyl adjacent to an activating group) is 2. The number of hydrogen-bond acceptors (Lipinski definition) is 3. The maximum atomic E-state index is 13.0. The van der Waals surface area contributed by atoms with Gasteiger partial charge in [-0.05, 0) is 31.9 Å². The van der Waals surface area contributed by atoms with Crippen LogP contribution in [0.2, 0.25) is 0 Å². The van der Waals surface area contributed by atoms with Gasteiger partial charge in [-0.3, -0.25) is 4.79 Å². The van der Waals surface area contributed by atoms with E-state index in [1.165, 1.54) is 18.6 Å². The summed E-state index contributed by atoms with van der Waals surface area (Å²) in [7, 11) is 3.93. The second kappa shape index (κ2) is 6.39. The molecule has 0 saturated heterocycles. The lowest BCUT2D eigenvalue weighted by Crippen LogP contribution is -2.55. The number of carbonyl (C=O) groups is 1. The van der Waals surface area contributed by atoms with E-state index in [2.05, 4.69) is 4.90 Å². The van der Waals surface area contributed by atoms with Gasteiger partial charge in [0.25, 0.3) is 0 Å². The standard InChI is InChI=1S/C19H23F3N2O/c1-12-17(24(3)16-7-5-4-6-15(16)23(12)2)18(25)13-8-10-14(11-9-13)19(20,21)22/h8-11,15-16H,4-7H2,1-3H3/t15-,16-/m1/s1. The van der Waals surface area contributed by atoms with E-state index in [1.807, 2.05) is 25.9 Å². The Hall–Kier alpha value is -1.98. The third-order valence-electron chi connectivity index (χ3n) is 5.60. The molecule has 136 valence electrons. The Morgan fingerprint density at radius 3 is 2.04 bits per heavy atom. The van der Waals surface area contributed by atoms with Gasteiger partial charge in [0.15, 0.2) is 0 Å². The van der Waals surface area contributed by atoms with E-state index in [0.717, 1.165) is 37.1 Å². The molecule has 1 saturated carbocycles. The number of allylic oxidation sites excluding steroid dienone is 2. The highest BCUT2D eigenvalue weighted by atomic mass is 19.4. The van der Waals surface area contributed by atoms with Crippen LogP contribution < -0.4 is 0 Å². The summed E-state index contributed by atoms with van der Waals surface area (Å²) >= 11 is 0. The van der Waals surface area contributed by atoms with Crippen LogP contribution in [-0.2, 0) is 6.18 Å². The van der Waals surface area contributed by atoms with Gasteiger partial charge in [-0.15, -0.1) is 0 Å².